The van der Waals surface area contributed by atoms with Crippen LogP contribution < -0.4 is 11.1 Å². The first-order valence-electron chi connectivity index (χ1n) is 11.2. The number of nitrogens with one attached hydrogen (secondary N) is 1. The lowest BCUT2D eigenvalue weighted by molar-refractivity contribution is 0.0951. The van der Waals surface area contributed by atoms with Crippen LogP contribution in [0.25, 0.3) is 17.1 Å². The van der Waals surface area contributed by atoms with Crippen LogP contribution in [0.15, 0.2) is 30.7 Å². The van der Waals surface area contributed by atoms with Gasteiger partial charge in [0.2, 0.25) is 0 Å². The molecule has 8 heteroatoms. The number of rotatable bonds is 4. The van der Waals surface area contributed by atoms with Gasteiger partial charge in [0.1, 0.15) is 0 Å². The zero-order valence-corrected chi connectivity index (χ0v) is 18.4. The molecule has 0 bridgehead atoms. The van der Waals surface area contributed by atoms with E-state index in [9.17, 15) is 4.79 Å². The summed E-state index contributed by atoms with van der Waals surface area (Å²) in [6.45, 7) is 4.29. The first-order valence-corrected chi connectivity index (χ1v) is 11.2. The van der Waals surface area contributed by atoms with Gasteiger partial charge < -0.3 is 16.0 Å². The number of nitrogens with zero attached hydrogens (tertiary/aromatic N) is 5. The van der Waals surface area contributed by atoms with Crippen molar-refractivity contribution < 1.29 is 4.79 Å². The Hall–Kier alpha value is -3.26. The van der Waals surface area contributed by atoms with E-state index in [1.54, 1.807) is 18.6 Å². The second-order valence-corrected chi connectivity index (χ2v) is 9.67. The summed E-state index contributed by atoms with van der Waals surface area (Å²) >= 11 is 0. The number of benzene rings is 1. The number of carbonyl (C=O) groups is 1. The van der Waals surface area contributed by atoms with E-state index < -0.39 is 0 Å². The molecule has 3 aliphatic rings. The minimum absolute atomic E-state index is 0.120. The van der Waals surface area contributed by atoms with Crippen LogP contribution >= 0.6 is 0 Å². The maximum Gasteiger partial charge on any atom is 0.254 e. The minimum atomic E-state index is -0.120. The molecule has 0 atom stereocenters. The molecule has 0 radical (unpaired) electrons. The van der Waals surface area contributed by atoms with E-state index in [-0.39, 0.29) is 11.7 Å². The molecule has 0 saturated heterocycles. The molecule has 2 saturated carbocycles. The predicted molar refractivity (Wildman–Crippen MR) is 121 cm³/mol. The van der Waals surface area contributed by atoms with Crippen LogP contribution in [0.3, 0.4) is 0 Å². The van der Waals surface area contributed by atoms with E-state index in [1.807, 2.05) is 0 Å². The zero-order chi connectivity index (χ0) is 22.0. The molecule has 0 unspecified atom stereocenters. The van der Waals surface area contributed by atoms with Gasteiger partial charge in [0.25, 0.3) is 5.91 Å². The molecule has 2 aliphatic carbocycles. The van der Waals surface area contributed by atoms with Crippen LogP contribution in [0.4, 0.5) is 5.82 Å². The summed E-state index contributed by atoms with van der Waals surface area (Å²) < 4.78 is 1.53. The number of nitrogens with two attached hydrogens (primary N) is 1. The van der Waals surface area contributed by atoms with Crippen LogP contribution in [-0.2, 0) is 12.0 Å². The number of carbonyl (C=O) groups excluding carboxylic acids is 1. The van der Waals surface area contributed by atoms with Crippen molar-refractivity contribution >= 4 is 11.7 Å². The predicted octanol–water partition coefficient (Wildman–Crippen LogP) is 2.59. The van der Waals surface area contributed by atoms with Gasteiger partial charge in [-0.25, -0.2) is 14.6 Å². The number of anilines is 1. The van der Waals surface area contributed by atoms with Gasteiger partial charge in [-0.15, -0.1) is 0 Å². The monoisotopic (exact) mass is 429 g/mol. The van der Waals surface area contributed by atoms with E-state index >= 15 is 0 Å². The molecule has 3 heterocycles. The molecule has 32 heavy (non-hydrogen) atoms. The molecule has 1 spiro atoms. The Morgan fingerprint density at radius 1 is 1.25 bits per heavy atom. The van der Waals surface area contributed by atoms with Crippen molar-refractivity contribution in [3.63, 3.8) is 0 Å². The number of amides is 1. The fourth-order valence-electron chi connectivity index (χ4n) is 5.14. The van der Waals surface area contributed by atoms with Gasteiger partial charge >= 0.3 is 0 Å². The maximum absolute atomic E-state index is 12.3. The first-order chi connectivity index (χ1) is 15.4. The lowest BCUT2D eigenvalue weighted by Gasteiger charge is -2.34. The van der Waals surface area contributed by atoms with Crippen molar-refractivity contribution in [2.45, 2.75) is 50.6 Å². The lowest BCUT2D eigenvalue weighted by Crippen LogP contribution is -2.35. The summed E-state index contributed by atoms with van der Waals surface area (Å²) in [4.78, 5) is 23.9. The second-order valence-electron chi connectivity index (χ2n) is 9.67. The minimum Gasteiger partial charge on any atom is -0.381 e. The van der Waals surface area contributed by atoms with Crippen LogP contribution in [0, 0.1) is 6.92 Å². The summed E-state index contributed by atoms with van der Waals surface area (Å²) in [6, 6.07) is 4.76. The average molecular weight is 430 g/mol. The smallest absolute Gasteiger partial charge is 0.254 e. The third-order valence-electron chi connectivity index (χ3n) is 6.87. The summed E-state index contributed by atoms with van der Waals surface area (Å²) in [6.07, 6.45) is 9.53. The SMILES string of the molecule is Cc1cc(-c2cnc(N)c(-n3cc(C(=O)NC4CC4)cn3)n2)cc2c1C1(CC1)CN(C)C2. The van der Waals surface area contributed by atoms with Crippen LogP contribution in [-0.4, -0.2) is 50.2 Å². The van der Waals surface area contributed by atoms with Crippen molar-refractivity contribution in [2.75, 3.05) is 19.3 Å². The number of likely N-dealkylation sites (N-methyl/N-ethyl adjacent to an activating group) is 1. The van der Waals surface area contributed by atoms with Gasteiger partial charge in [-0.2, -0.15) is 5.10 Å². The third-order valence-corrected chi connectivity index (χ3v) is 6.87. The van der Waals surface area contributed by atoms with Gasteiger partial charge in [-0.05, 0) is 68.5 Å². The van der Waals surface area contributed by atoms with Gasteiger partial charge in [0.05, 0.1) is 23.7 Å². The Balaban J connectivity index is 1.36. The fraction of sp³-hybridized carbons (Fsp3) is 0.417. The molecular weight excluding hydrogens is 402 g/mol. The molecule has 6 rings (SSSR count). The number of hydrogen-bond acceptors (Lipinski definition) is 6. The molecule has 164 valence electrons. The molecule has 2 fully saturated rings. The van der Waals surface area contributed by atoms with Crippen molar-refractivity contribution in [1.82, 2.24) is 30.0 Å². The van der Waals surface area contributed by atoms with E-state index in [1.165, 1.54) is 34.2 Å². The highest BCUT2D eigenvalue weighted by molar-refractivity contribution is 5.94. The number of nitrogen functional groups attached to an aromatic ring is 1. The Kier molecular flexibility index (Phi) is 4.17. The quantitative estimate of drug-likeness (QED) is 0.661. The average Bonchev–Trinajstić information content (AvgIpc) is 3.67. The fourth-order valence-corrected chi connectivity index (χ4v) is 5.14. The first kappa shape index (κ1) is 19.4. The Morgan fingerprint density at radius 2 is 2.06 bits per heavy atom. The van der Waals surface area contributed by atoms with E-state index in [0.717, 1.165) is 37.2 Å². The van der Waals surface area contributed by atoms with Crippen LogP contribution in [0.1, 0.15) is 52.7 Å². The number of aryl methyl sites for hydroxylation is 1. The summed E-state index contributed by atoms with van der Waals surface area (Å²) in [5.74, 6) is 0.585. The molecular formula is C24H27N7O. The molecule has 1 aliphatic heterocycles. The number of hydrogen-bond donors (Lipinski definition) is 2. The van der Waals surface area contributed by atoms with Crippen molar-refractivity contribution in [3.8, 4) is 17.1 Å². The maximum atomic E-state index is 12.3. The van der Waals surface area contributed by atoms with E-state index in [2.05, 4.69) is 46.4 Å². The highest BCUT2D eigenvalue weighted by atomic mass is 16.1. The Bertz CT molecular complexity index is 1240. The molecule has 1 aromatic carbocycles. The summed E-state index contributed by atoms with van der Waals surface area (Å²) in [7, 11) is 2.20. The molecule has 8 nitrogen and oxygen atoms in total. The summed E-state index contributed by atoms with van der Waals surface area (Å²) in [5, 5.41) is 7.30. The highest BCUT2D eigenvalue weighted by Gasteiger charge is 2.49. The normalized spacial score (nSPS) is 19.1. The van der Waals surface area contributed by atoms with Gasteiger partial charge in [-0.3, -0.25) is 4.79 Å². The number of aromatic nitrogens is 4. The molecule has 3 aromatic rings. The largest absolute Gasteiger partial charge is 0.381 e. The zero-order valence-electron chi connectivity index (χ0n) is 18.4. The standard InChI is InChI=1S/C24H27N7O/c1-14-7-15(8-16-11-30(2)13-24(5-6-24)20(14)16)19-10-26-21(25)22(29-19)31-12-17(9-27-31)23(32)28-18-3-4-18/h7-10,12,18H,3-6,11,13H2,1-2H3,(H2,25,26)(H,28,32). The molecule has 1 amide bonds. The second kappa shape index (κ2) is 6.87. The van der Waals surface area contributed by atoms with E-state index in [4.69, 9.17) is 10.7 Å². The lowest BCUT2D eigenvalue weighted by atomic mass is 9.82. The van der Waals surface area contributed by atoms with Gasteiger partial charge in [0.15, 0.2) is 11.6 Å². The van der Waals surface area contributed by atoms with Gasteiger partial charge in [-0.1, -0.05) is 0 Å². The van der Waals surface area contributed by atoms with Crippen molar-refractivity contribution in [2.24, 2.45) is 0 Å². The van der Waals surface area contributed by atoms with Crippen molar-refractivity contribution in [1.29, 1.82) is 0 Å². The third kappa shape index (κ3) is 3.26. The topological polar surface area (TPSA) is 102 Å². The molecule has 2 aromatic heterocycles. The van der Waals surface area contributed by atoms with Crippen LogP contribution in [0.5, 0.6) is 0 Å². The Labute approximate surface area is 186 Å². The van der Waals surface area contributed by atoms with Crippen molar-refractivity contribution in [3.05, 3.63) is 53.0 Å². The van der Waals surface area contributed by atoms with E-state index in [0.29, 0.717) is 22.8 Å². The van der Waals surface area contributed by atoms with Gasteiger partial charge in [0, 0.05) is 36.3 Å². The number of fused-ring (bicyclic) bond motifs is 2. The highest BCUT2D eigenvalue weighted by Crippen LogP contribution is 2.53. The molecule has 3 N–H and O–H groups in total. The summed E-state index contributed by atoms with van der Waals surface area (Å²) in [5.41, 5.74) is 13.0. The van der Waals surface area contributed by atoms with Crippen LogP contribution in [0.2, 0.25) is 0 Å². The Morgan fingerprint density at radius 3 is 2.81 bits per heavy atom.